The SMILES string of the molecule is CCOc1ccc([C@H]2C(C#N)=C(N)Oc3cc(C)oc(=O)c32)cc1. The molecule has 0 bridgehead atoms. The van der Waals surface area contributed by atoms with Gasteiger partial charge in [0.15, 0.2) is 0 Å². The summed E-state index contributed by atoms with van der Waals surface area (Å²) in [5, 5.41) is 9.48. The van der Waals surface area contributed by atoms with Gasteiger partial charge in [-0.25, -0.2) is 4.79 Å². The van der Waals surface area contributed by atoms with Gasteiger partial charge in [0.25, 0.3) is 0 Å². The number of rotatable bonds is 3. The van der Waals surface area contributed by atoms with Crippen LogP contribution in [0.5, 0.6) is 11.5 Å². The third kappa shape index (κ3) is 2.61. The summed E-state index contributed by atoms with van der Waals surface area (Å²) in [6.07, 6.45) is 0. The molecule has 3 rings (SSSR count). The number of nitriles is 1. The zero-order valence-corrected chi connectivity index (χ0v) is 13.3. The molecule has 1 atom stereocenters. The lowest BCUT2D eigenvalue weighted by Gasteiger charge is -2.25. The van der Waals surface area contributed by atoms with Crippen molar-refractivity contribution in [3.8, 4) is 17.6 Å². The van der Waals surface area contributed by atoms with E-state index in [4.69, 9.17) is 19.6 Å². The normalized spacial score (nSPS) is 16.1. The molecule has 1 aliphatic heterocycles. The predicted octanol–water partition coefficient (Wildman–Crippen LogP) is 2.57. The maximum absolute atomic E-state index is 12.4. The Balaban J connectivity index is 2.18. The van der Waals surface area contributed by atoms with Crippen LogP contribution in [0.4, 0.5) is 0 Å². The molecule has 1 aromatic carbocycles. The average molecular weight is 324 g/mol. The van der Waals surface area contributed by atoms with E-state index in [-0.39, 0.29) is 17.0 Å². The van der Waals surface area contributed by atoms with Gasteiger partial charge in [0, 0.05) is 6.07 Å². The molecule has 6 heteroatoms. The molecule has 6 nitrogen and oxygen atoms in total. The molecule has 2 N–H and O–H groups in total. The summed E-state index contributed by atoms with van der Waals surface area (Å²) < 4.78 is 16.1. The van der Waals surface area contributed by atoms with E-state index in [0.717, 1.165) is 5.56 Å². The minimum absolute atomic E-state index is 0.00566. The first-order valence-corrected chi connectivity index (χ1v) is 7.50. The number of benzene rings is 1. The molecule has 0 aliphatic carbocycles. The number of nitrogens with two attached hydrogens (primary N) is 1. The Labute approximate surface area is 138 Å². The minimum atomic E-state index is -0.633. The van der Waals surface area contributed by atoms with Gasteiger partial charge in [0.05, 0.1) is 18.1 Å². The fourth-order valence-corrected chi connectivity index (χ4v) is 2.77. The molecule has 1 aliphatic rings. The topological polar surface area (TPSA) is 98.5 Å². The quantitative estimate of drug-likeness (QED) is 0.931. The van der Waals surface area contributed by atoms with Crippen molar-refractivity contribution in [1.82, 2.24) is 0 Å². The van der Waals surface area contributed by atoms with Crippen LogP contribution in [0, 0.1) is 18.3 Å². The highest BCUT2D eigenvalue weighted by molar-refractivity contribution is 5.54. The van der Waals surface area contributed by atoms with Crippen molar-refractivity contribution < 1.29 is 13.9 Å². The number of allylic oxidation sites excluding steroid dienone is 1. The molecular weight excluding hydrogens is 308 g/mol. The van der Waals surface area contributed by atoms with E-state index in [1.807, 2.05) is 13.0 Å². The minimum Gasteiger partial charge on any atom is -0.494 e. The van der Waals surface area contributed by atoms with Gasteiger partial charge < -0.3 is 19.6 Å². The maximum Gasteiger partial charge on any atom is 0.343 e. The third-order valence-electron chi connectivity index (χ3n) is 3.78. The van der Waals surface area contributed by atoms with Crippen molar-refractivity contribution in [2.45, 2.75) is 19.8 Å². The average Bonchev–Trinajstić information content (AvgIpc) is 2.54. The van der Waals surface area contributed by atoms with Crippen LogP contribution in [-0.4, -0.2) is 6.61 Å². The lowest BCUT2D eigenvalue weighted by Crippen LogP contribution is -2.26. The number of hydrogen-bond donors (Lipinski definition) is 1. The third-order valence-corrected chi connectivity index (χ3v) is 3.78. The van der Waals surface area contributed by atoms with Crippen LogP contribution >= 0.6 is 0 Å². The number of hydrogen-bond acceptors (Lipinski definition) is 6. The van der Waals surface area contributed by atoms with Crippen LogP contribution in [0.3, 0.4) is 0 Å². The molecule has 24 heavy (non-hydrogen) atoms. The zero-order valence-electron chi connectivity index (χ0n) is 13.3. The monoisotopic (exact) mass is 324 g/mol. The summed E-state index contributed by atoms with van der Waals surface area (Å²) in [5.74, 6) is 0.802. The van der Waals surface area contributed by atoms with Gasteiger partial charge in [-0.2, -0.15) is 5.26 Å². The second-order valence-corrected chi connectivity index (χ2v) is 5.35. The molecular formula is C18H16N2O4. The number of fused-ring (bicyclic) bond motifs is 1. The lowest BCUT2D eigenvalue weighted by molar-refractivity contribution is 0.340. The number of ether oxygens (including phenoxy) is 2. The highest BCUT2D eigenvalue weighted by Gasteiger charge is 2.34. The molecule has 2 aromatic rings. The van der Waals surface area contributed by atoms with Crippen LogP contribution in [0.2, 0.25) is 0 Å². The molecule has 0 unspecified atom stereocenters. The van der Waals surface area contributed by atoms with Crippen LogP contribution in [0.1, 0.15) is 29.7 Å². The Kier molecular flexibility index (Phi) is 4.00. The summed E-state index contributed by atoms with van der Waals surface area (Å²) >= 11 is 0. The molecule has 0 saturated heterocycles. The summed E-state index contributed by atoms with van der Waals surface area (Å²) in [7, 11) is 0. The van der Waals surface area contributed by atoms with Gasteiger partial charge in [-0.05, 0) is 31.5 Å². The van der Waals surface area contributed by atoms with E-state index in [1.165, 1.54) is 0 Å². The summed E-state index contributed by atoms with van der Waals surface area (Å²) in [5.41, 5.74) is 6.54. The second kappa shape index (κ2) is 6.13. The second-order valence-electron chi connectivity index (χ2n) is 5.35. The van der Waals surface area contributed by atoms with E-state index in [1.54, 1.807) is 37.3 Å². The van der Waals surface area contributed by atoms with Crippen LogP contribution < -0.4 is 20.8 Å². The number of aryl methyl sites for hydroxylation is 1. The van der Waals surface area contributed by atoms with Crippen molar-refractivity contribution in [1.29, 1.82) is 5.26 Å². The lowest BCUT2D eigenvalue weighted by atomic mass is 9.84. The zero-order chi connectivity index (χ0) is 17.3. The summed E-state index contributed by atoms with van der Waals surface area (Å²) in [6.45, 7) is 4.10. The predicted molar refractivity (Wildman–Crippen MR) is 86.6 cm³/mol. The van der Waals surface area contributed by atoms with Crippen LogP contribution in [0.25, 0.3) is 0 Å². The first-order chi connectivity index (χ1) is 11.5. The van der Waals surface area contributed by atoms with E-state index < -0.39 is 11.5 Å². The number of nitrogens with zero attached hydrogens (tertiary/aromatic N) is 1. The molecule has 0 amide bonds. The van der Waals surface area contributed by atoms with E-state index in [9.17, 15) is 10.1 Å². The smallest absolute Gasteiger partial charge is 0.343 e. The van der Waals surface area contributed by atoms with Gasteiger partial charge >= 0.3 is 5.63 Å². The Morgan fingerprint density at radius 1 is 1.33 bits per heavy atom. The molecule has 1 aromatic heterocycles. The Bertz CT molecular complexity index is 904. The molecule has 0 fully saturated rings. The first kappa shape index (κ1) is 15.7. The van der Waals surface area contributed by atoms with E-state index in [2.05, 4.69) is 0 Å². The Hall–Kier alpha value is -3.20. The van der Waals surface area contributed by atoms with Crippen molar-refractivity contribution in [2.75, 3.05) is 6.61 Å². The highest BCUT2D eigenvalue weighted by Crippen LogP contribution is 2.40. The van der Waals surface area contributed by atoms with Gasteiger partial charge in [-0.1, -0.05) is 12.1 Å². The van der Waals surface area contributed by atoms with E-state index >= 15 is 0 Å². The van der Waals surface area contributed by atoms with Crippen molar-refractivity contribution in [2.24, 2.45) is 5.73 Å². The first-order valence-electron chi connectivity index (χ1n) is 7.50. The molecule has 0 saturated carbocycles. The van der Waals surface area contributed by atoms with Crippen LogP contribution in [-0.2, 0) is 0 Å². The Morgan fingerprint density at radius 3 is 2.67 bits per heavy atom. The van der Waals surface area contributed by atoms with Crippen molar-refractivity contribution in [3.63, 3.8) is 0 Å². The molecule has 122 valence electrons. The maximum atomic E-state index is 12.4. The van der Waals surface area contributed by atoms with Gasteiger partial charge in [0.1, 0.15) is 28.9 Å². The molecule has 2 heterocycles. The standard InChI is InChI=1S/C18H16N2O4/c1-3-22-12-6-4-11(5-7-12)15-13(9-19)17(20)24-14-8-10(2)23-18(21)16(14)15/h4-8,15H,3,20H2,1-2H3/t15-/m0/s1. The largest absolute Gasteiger partial charge is 0.494 e. The molecule has 0 radical (unpaired) electrons. The Morgan fingerprint density at radius 2 is 2.04 bits per heavy atom. The van der Waals surface area contributed by atoms with Gasteiger partial charge in [-0.3, -0.25) is 0 Å². The van der Waals surface area contributed by atoms with Crippen molar-refractivity contribution in [3.05, 3.63) is 69.1 Å². The summed E-state index contributed by atoms with van der Waals surface area (Å²) in [4.78, 5) is 12.4. The highest BCUT2D eigenvalue weighted by atomic mass is 16.5. The fraction of sp³-hybridized carbons (Fsp3) is 0.222. The van der Waals surface area contributed by atoms with Gasteiger partial charge in [0.2, 0.25) is 5.88 Å². The van der Waals surface area contributed by atoms with E-state index in [0.29, 0.717) is 23.9 Å². The molecule has 0 spiro atoms. The summed E-state index contributed by atoms with van der Waals surface area (Å²) in [6, 6.07) is 10.8. The van der Waals surface area contributed by atoms with Crippen molar-refractivity contribution >= 4 is 0 Å². The van der Waals surface area contributed by atoms with Gasteiger partial charge in [-0.15, -0.1) is 0 Å². The van der Waals surface area contributed by atoms with Crippen LogP contribution in [0.15, 0.2) is 51.0 Å². The fourth-order valence-electron chi connectivity index (χ4n) is 2.77.